The lowest BCUT2D eigenvalue weighted by Crippen LogP contribution is -2.54. The maximum Gasteiger partial charge on any atom is 0.312 e. The summed E-state index contributed by atoms with van der Waals surface area (Å²) < 4.78 is 30.3. The first-order chi connectivity index (χ1) is 14.3. The zero-order valence-corrected chi connectivity index (χ0v) is 19.6. The van der Waals surface area contributed by atoms with E-state index in [1.54, 1.807) is 0 Å². The lowest BCUT2D eigenvalue weighted by Gasteiger charge is -2.61. The molecule has 0 bridgehead atoms. The van der Waals surface area contributed by atoms with E-state index in [0.717, 1.165) is 42.4 Å². The smallest absolute Gasteiger partial charge is 0.312 e. The Bertz CT molecular complexity index is 678. The van der Waals surface area contributed by atoms with Gasteiger partial charge in [-0.05, 0) is 123 Å². The van der Waals surface area contributed by atoms with Gasteiger partial charge in [0, 0.05) is 7.11 Å². The van der Waals surface area contributed by atoms with Crippen molar-refractivity contribution in [3.05, 3.63) is 17.9 Å². The average molecular weight is 421 g/mol. The standard InChI is InChI=1S/C27H42F2O/c1-18(7-5-6-8-25(28)29)22-11-12-23-21-10-9-19-17-20(30-4)13-15-26(19,2)24(21)14-16-27(22,23)3/h6,18-24H,5,7,9-17H2,1-4H3/t18-,19-,20-,21+,22-,23+,24+,26+,27-/m1/s1. The molecule has 4 rings (SSSR count). The van der Waals surface area contributed by atoms with Gasteiger partial charge in [-0.3, -0.25) is 0 Å². The maximum atomic E-state index is 12.3. The van der Waals surface area contributed by atoms with Crippen molar-refractivity contribution in [2.24, 2.45) is 46.3 Å². The summed E-state index contributed by atoms with van der Waals surface area (Å²) in [6.07, 6.45) is 14.3. The normalized spacial score (nSPS) is 46.2. The molecule has 0 spiro atoms. The minimum Gasteiger partial charge on any atom is -0.381 e. The van der Waals surface area contributed by atoms with Crippen LogP contribution >= 0.6 is 0 Å². The van der Waals surface area contributed by atoms with E-state index in [4.69, 9.17) is 4.74 Å². The van der Waals surface area contributed by atoms with Crippen LogP contribution < -0.4 is 0 Å². The van der Waals surface area contributed by atoms with Crippen molar-refractivity contribution in [1.82, 2.24) is 0 Å². The molecule has 1 nitrogen and oxygen atoms in total. The minimum atomic E-state index is -1.70. The summed E-state index contributed by atoms with van der Waals surface area (Å²) in [7, 11) is 1.89. The Kier molecular flexibility index (Phi) is 6.54. The van der Waals surface area contributed by atoms with Gasteiger partial charge in [0.05, 0.1) is 6.10 Å². The van der Waals surface area contributed by atoms with Gasteiger partial charge in [-0.25, -0.2) is 0 Å². The highest BCUT2D eigenvalue weighted by molar-refractivity contribution is 5.09. The number of rotatable bonds is 5. The van der Waals surface area contributed by atoms with Crippen molar-refractivity contribution in [2.45, 2.75) is 97.5 Å². The number of hydrogen-bond donors (Lipinski definition) is 0. The summed E-state index contributed by atoms with van der Waals surface area (Å²) in [6.45, 7) is 7.59. The predicted octanol–water partition coefficient (Wildman–Crippen LogP) is 8.01. The molecule has 0 aliphatic heterocycles. The zero-order valence-electron chi connectivity index (χ0n) is 19.6. The maximum absolute atomic E-state index is 12.3. The first kappa shape index (κ1) is 22.5. The molecule has 3 heteroatoms. The monoisotopic (exact) mass is 420 g/mol. The van der Waals surface area contributed by atoms with Crippen LogP contribution in [-0.2, 0) is 4.74 Å². The highest BCUT2D eigenvalue weighted by Crippen LogP contribution is 2.68. The van der Waals surface area contributed by atoms with Crippen molar-refractivity contribution in [1.29, 1.82) is 0 Å². The van der Waals surface area contributed by atoms with Gasteiger partial charge < -0.3 is 4.74 Å². The quantitative estimate of drug-likeness (QED) is 0.409. The number of allylic oxidation sites excluding steroid dienone is 1. The van der Waals surface area contributed by atoms with Crippen LogP contribution in [0.3, 0.4) is 0 Å². The SMILES string of the molecule is CO[C@@H]1CC[C@@]2(C)[C@H](CC[C@@H]3[C@@H]2CC[C@]2(C)[C@@H]([C@H](C)CCC=C=C(F)F)CC[C@@H]32)C1. The summed E-state index contributed by atoms with van der Waals surface area (Å²) in [4.78, 5) is 0. The lowest BCUT2D eigenvalue weighted by molar-refractivity contribution is -0.132. The molecule has 4 aliphatic rings. The fraction of sp³-hybridized carbons (Fsp3) is 0.889. The Morgan fingerprint density at radius 1 is 1.03 bits per heavy atom. The van der Waals surface area contributed by atoms with Gasteiger partial charge in [0.15, 0.2) is 0 Å². The molecule has 0 heterocycles. The molecule has 30 heavy (non-hydrogen) atoms. The Morgan fingerprint density at radius 2 is 1.77 bits per heavy atom. The first-order valence-electron chi connectivity index (χ1n) is 12.6. The summed E-state index contributed by atoms with van der Waals surface area (Å²) >= 11 is 0. The third kappa shape index (κ3) is 3.83. The van der Waals surface area contributed by atoms with Crippen LogP contribution in [0.15, 0.2) is 17.9 Å². The second-order valence-electron chi connectivity index (χ2n) is 11.7. The molecule has 4 saturated carbocycles. The number of fused-ring (bicyclic) bond motifs is 5. The number of hydrogen-bond acceptors (Lipinski definition) is 1. The second kappa shape index (κ2) is 8.70. The third-order valence-electron chi connectivity index (χ3n) is 10.7. The van der Waals surface area contributed by atoms with E-state index in [9.17, 15) is 8.78 Å². The van der Waals surface area contributed by atoms with E-state index in [1.165, 1.54) is 63.9 Å². The fourth-order valence-corrected chi connectivity index (χ4v) is 9.10. The van der Waals surface area contributed by atoms with Gasteiger partial charge in [0.25, 0.3) is 0 Å². The topological polar surface area (TPSA) is 9.23 Å². The van der Waals surface area contributed by atoms with E-state index in [1.807, 2.05) is 7.11 Å². The third-order valence-corrected chi connectivity index (χ3v) is 10.7. The van der Waals surface area contributed by atoms with Crippen LogP contribution in [0.5, 0.6) is 0 Å². The Balaban J connectivity index is 1.45. The largest absolute Gasteiger partial charge is 0.381 e. The molecule has 0 N–H and O–H groups in total. The highest BCUT2D eigenvalue weighted by Gasteiger charge is 2.60. The number of halogens is 2. The van der Waals surface area contributed by atoms with E-state index in [2.05, 4.69) is 26.5 Å². The molecule has 170 valence electrons. The van der Waals surface area contributed by atoms with Gasteiger partial charge in [-0.2, -0.15) is 8.78 Å². The summed E-state index contributed by atoms with van der Waals surface area (Å²) in [6, 6.07) is 0. The van der Waals surface area contributed by atoms with Crippen molar-refractivity contribution in [3.8, 4) is 0 Å². The molecule has 9 atom stereocenters. The Morgan fingerprint density at radius 3 is 2.50 bits per heavy atom. The molecular formula is C27H42F2O. The molecule has 0 radical (unpaired) electrons. The predicted molar refractivity (Wildman–Crippen MR) is 118 cm³/mol. The van der Waals surface area contributed by atoms with Crippen molar-refractivity contribution in [3.63, 3.8) is 0 Å². The van der Waals surface area contributed by atoms with E-state index >= 15 is 0 Å². The summed E-state index contributed by atoms with van der Waals surface area (Å²) in [5.74, 6) is 4.91. The molecule has 0 saturated heterocycles. The molecule has 0 amide bonds. The van der Waals surface area contributed by atoms with Gasteiger partial charge in [-0.15, -0.1) is 0 Å². The highest BCUT2D eigenvalue weighted by atomic mass is 19.3. The second-order valence-corrected chi connectivity index (χ2v) is 11.7. The zero-order chi connectivity index (χ0) is 21.5. The van der Waals surface area contributed by atoms with E-state index in [-0.39, 0.29) is 0 Å². The van der Waals surface area contributed by atoms with Crippen molar-refractivity contribution < 1.29 is 13.5 Å². The van der Waals surface area contributed by atoms with Gasteiger partial charge in [0.1, 0.15) is 0 Å². The Labute approximate surface area is 182 Å². The van der Waals surface area contributed by atoms with Crippen LogP contribution in [0.1, 0.15) is 91.4 Å². The average Bonchev–Trinajstić information content (AvgIpc) is 3.07. The van der Waals surface area contributed by atoms with Crippen molar-refractivity contribution in [2.75, 3.05) is 7.11 Å². The number of ether oxygens (including phenoxy) is 1. The summed E-state index contributed by atoms with van der Waals surface area (Å²) in [5, 5.41) is 0. The lowest BCUT2D eigenvalue weighted by atomic mass is 9.44. The van der Waals surface area contributed by atoms with Crippen LogP contribution in [0.4, 0.5) is 8.78 Å². The van der Waals surface area contributed by atoms with E-state index in [0.29, 0.717) is 22.9 Å². The van der Waals surface area contributed by atoms with E-state index < -0.39 is 6.08 Å². The molecule has 0 aromatic rings. The molecule has 4 aliphatic carbocycles. The summed E-state index contributed by atoms with van der Waals surface area (Å²) in [5.41, 5.74) is 3.06. The van der Waals surface area contributed by atoms with Crippen LogP contribution in [0.25, 0.3) is 0 Å². The first-order valence-corrected chi connectivity index (χ1v) is 12.6. The molecule has 0 aromatic heterocycles. The molecule has 0 aromatic carbocycles. The Hall–Kier alpha value is -0.660. The van der Waals surface area contributed by atoms with Crippen LogP contribution in [0.2, 0.25) is 0 Å². The molecular weight excluding hydrogens is 378 g/mol. The van der Waals surface area contributed by atoms with Crippen molar-refractivity contribution >= 4 is 0 Å². The van der Waals surface area contributed by atoms with Gasteiger partial charge >= 0.3 is 6.08 Å². The van der Waals surface area contributed by atoms with Crippen LogP contribution in [0, 0.1) is 46.3 Å². The van der Waals surface area contributed by atoms with Crippen LogP contribution in [-0.4, -0.2) is 13.2 Å². The van der Waals surface area contributed by atoms with Gasteiger partial charge in [-0.1, -0.05) is 26.5 Å². The van der Waals surface area contributed by atoms with Gasteiger partial charge in [0.2, 0.25) is 0 Å². The minimum absolute atomic E-state index is 0.457. The molecule has 0 unspecified atom stereocenters. The fourth-order valence-electron chi connectivity index (χ4n) is 9.10. The number of methoxy groups -OCH3 is 1. The molecule has 4 fully saturated rings.